The van der Waals surface area contributed by atoms with Crippen molar-refractivity contribution in [1.29, 1.82) is 0 Å². The maximum Gasteiger partial charge on any atom is 0.0462 e. The number of methoxy groups -OCH3 is 1. The molecule has 2 atom stereocenters. The van der Waals surface area contributed by atoms with Crippen molar-refractivity contribution in [3.8, 4) is 0 Å². The number of fused-ring (bicyclic) bond motifs is 1. The molecule has 0 amide bonds. The monoisotopic (exact) mass is 267 g/mol. The molecule has 3 heteroatoms. The number of hydrogen-bond donors (Lipinski definition) is 1. The van der Waals surface area contributed by atoms with Gasteiger partial charge < -0.3 is 10.1 Å². The van der Waals surface area contributed by atoms with E-state index < -0.39 is 0 Å². The first-order chi connectivity index (χ1) is 8.86. The van der Waals surface area contributed by atoms with Crippen LogP contribution < -0.4 is 5.32 Å². The SMILES string of the molecule is CCNC(CCCOC)C1CCCc2sccc21. The van der Waals surface area contributed by atoms with E-state index >= 15 is 0 Å². The molecule has 0 bridgehead atoms. The molecule has 1 aromatic heterocycles. The zero-order valence-corrected chi connectivity index (χ0v) is 12.4. The van der Waals surface area contributed by atoms with E-state index in [2.05, 4.69) is 23.7 Å². The summed E-state index contributed by atoms with van der Waals surface area (Å²) in [5.41, 5.74) is 1.62. The molecule has 1 aliphatic rings. The van der Waals surface area contributed by atoms with Crippen LogP contribution >= 0.6 is 11.3 Å². The minimum Gasteiger partial charge on any atom is -0.385 e. The molecule has 0 radical (unpaired) electrons. The predicted octanol–water partition coefficient (Wildman–Crippen LogP) is 3.57. The second-order valence-corrected chi connectivity index (χ2v) is 6.10. The summed E-state index contributed by atoms with van der Waals surface area (Å²) >= 11 is 1.94. The smallest absolute Gasteiger partial charge is 0.0462 e. The molecule has 0 spiro atoms. The number of likely N-dealkylation sites (N-methyl/N-ethyl adjacent to an activating group) is 1. The van der Waals surface area contributed by atoms with Crippen molar-refractivity contribution in [2.75, 3.05) is 20.3 Å². The Hall–Kier alpha value is -0.380. The second-order valence-electron chi connectivity index (χ2n) is 5.10. The van der Waals surface area contributed by atoms with Gasteiger partial charge in [-0.2, -0.15) is 0 Å². The van der Waals surface area contributed by atoms with Crippen LogP contribution in [0.4, 0.5) is 0 Å². The summed E-state index contributed by atoms with van der Waals surface area (Å²) in [5.74, 6) is 0.719. The van der Waals surface area contributed by atoms with Crippen molar-refractivity contribution in [2.24, 2.45) is 0 Å². The summed E-state index contributed by atoms with van der Waals surface area (Å²) in [6.45, 7) is 4.15. The Balaban J connectivity index is 2.02. The van der Waals surface area contributed by atoms with Gasteiger partial charge in [0.15, 0.2) is 0 Å². The van der Waals surface area contributed by atoms with Crippen LogP contribution in [0.25, 0.3) is 0 Å². The topological polar surface area (TPSA) is 21.3 Å². The van der Waals surface area contributed by atoms with Gasteiger partial charge >= 0.3 is 0 Å². The van der Waals surface area contributed by atoms with Crippen LogP contribution in [-0.2, 0) is 11.2 Å². The fraction of sp³-hybridized carbons (Fsp3) is 0.733. The molecule has 1 aromatic rings. The van der Waals surface area contributed by atoms with Crippen LogP contribution in [0.5, 0.6) is 0 Å². The maximum atomic E-state index is 5.19. The molecule has 0 aromatic carbocycles. The van der Waals surface area contributed by atoms with Crippen LogP contribution in [0.1, 0.15) is 49.0 Å². The molecule has 0 saturated heterocycles. The highest BCUT2D eigenvalue weighted by molar-refractivity contribution is 7.10. The zero-order valence-electron chi connectivity index (χ0n) is 11.6. The highest BCUT2D eigenvalue weighted by Gasteiger charge is 2.27. The molecule has 1 aliphatic carbocycles. The summed E-state index contributed by atoms with van der Waals surface area (Å²) in [7, 11) is 1.79. The maximum absolute atomic E-state index is 5.19. The number of ether oxygens (including phenoxy) is 1. The highest BCUT2D eigenvalue weighted by Crippen LogP contribution is 2.38. The molecular weight excluding hydrogens is 242 g/mol. The molecule has 1 N–H and O–H groups in total. The molecule has 0 saturated carbocycles. The Labute approximate surface area is 115 Å². The van der Waals surface area contributed by atoms with Gasteiger partial charge in [-0.3, -0.25) is 0 Å². The molecule has 18 heavy (non-hydrogen) atoms. The number of aryl methyl sites for hydroxylation is 1. The van der Waals surface area contributed by atoms with Gasteiger partial charge in [0.05, 0.1) is 0 Å². The lowest BCUT2D eigenvalue weighted by molar-refractivity contribution is 0.186. The molecule has 0 aliphatic heterocycles. The first-order valence-electron chi connectivity index (χ1n) is 7.15. The van der Waals surface area contributed by atoms with E-state index in [1.807, 2.05) is 11.3 Å². The minimum atomic E-state index is 0.624. The highest BCUT2D eigenvalue weighted by atomic mass is 32.1. The van der Waals surface area contributed by atoms with Gasteiger partial charge in [-0.25, -0.2) is 0 Å². The molecule has 1 heterocycles. The lowest BCUT2D eigenvalue weighted by Crippen LogP contribution is -2.36. The number of rotatable bonds is 7. The van der Waals surface area contributed by atoms with Gasteiger partial charge in [0, 0.05) is 30.6 Å². The lowest BCUT2D eigenvalue weighted by atomic mass is 9.81. The molecule has 2 nitrogen and oxygen atoms in total. The van der Waals surface area contributed by atoms with Crippen molar-refractivity contribution >= 4 is 11.3 Å². The normalized spacial score (nSPS) is 20.7. The number of thiophene rings is 1. The molecule has 0 fully saturated rings. The van der Waals surface area contributed by atoms with Crippen LogP contribution in [0.15, 0.2) is 11.4 Å². The Morgan fingerprint density at radius 2 is 2.44 bits per heavy atom. The number of hydrogen-bond acceptors (Lipinski definition) is 3. The van der Waals surface area contributed by atoms with E-state index in [9.17, 15) is 0 Å². The standard InChI is InChI=1S/C15H25NOS/c1-3-16-14(7-5-10-17-2)12-6-4-8-15-13(12)9-11-18-15/h9,11-12,14,16H,3-8,10H2,1-2H3. The van der Waals surface area contributed by atoms with Crippen LogP contribution in [0.3, 0.4) is 0 Å². The minimum absolute atomic E-state index is 0.624. The van der Waals surface area contributed by atoms with Gasteiger partial charge in [-0.05, 0) is 55.7 Å². The third-order valence-corrected chi connectivity index (χ3v) is 4.91. The van der Waals surface area contributed by atoms with E-state index in [-0.39, 0.29) is 0 Å². The molecular formula is C15H25NOS. The second kappa shape index (κ2) is 7.27. The fourth-order valence-electron chi connectivity index (χ4n) is 3.10. The number of nitrogens with one attached hydrogen (secondary N) is 1. The zero-order chi connectivity index (χ0) is 12.8. The Morgan fingerprint density at radius 1 is 1.56 bits per heavy atom. The molecule has 102 valence electrons. The Kier molecular flexibility index (Phi) is 5.67. The van der Waals surface area contributed by atoms with Gasteiger partial charge in [0.2, 0.25) is 0 Å². The molecule has 2 unspecified atom stereocenters. The van der Waals surface area contributed by atoms with Gasteiger partial charge in [0.25, 0.3) is 0 Å². The average molecular weight is 267 g/mol. The summed E-state index contributed by atoms with van der Waals surface area (Å²) in [6.07, 6.45) is 6.37. The predicted molar refractivity (Wildman–Crippen MR) is 78.6 cm³/mol. The summed E-state index contributed by atoms with van der Waals surface area (Å²) < 4.78 is 5.19. The van der Waals surface area contributed by atoms with Crippen molar-refractivity contribution in [3.05, 3.63) is 21.9 Å². The third-order valence-electron chi connectivity index (χ3n) is 3.91. The largest absolute Gasteiger partial charge is 0.385 e. The van der Waals surface area contributed by atoms with E-state index in [1.54, 1.807) is 17.6 Å². The quantitative estimate of drug-likeness (QED) is 0.763. The Morgan fingerprint density at radius 3 is 3.22 bits per heavy atom. The summed E-state index contributed by atoms with van der Waals surface area (Å²) in [4.78, 5) is 1.63. The summed E-state index contributed by atoms with van der Waals surface area (Å²) in [6, 6.07) is 2.98. The van der Waals surface area contributed by atoms with E-state index in [1.165, 1.54) is 25.7 Å². The van der Waals surface area contributed by atoms with Crippen molar-refractivity contribution in [3.63, 3.8) is 0 Å². The fourth-order valence-corrected chi connectivity index (χ4v) is 4.09. The first kappa shape index (κ1) is 14.0. The van der Waals surface area contributed by atoms with E-state index in [4.69, 9.17) is 4.74 Å². The average Bonchev–Trinajstić information content (AvgIpc) is 2.86. The Bertz CT molecular complexity index is 350. The first-order valence-corrected chi connectivity index (χ1v) is 8.03. The van der Waals surface area contributed by atoms with Crippen molar-refractivity contribution in [2.45, 2.75) is 51.0 Å². The van der Waals surface area contributed by atoms with Crippen molar-refractivity contribution < 1.29 is 4.74 Å². The van der Waals surface area contributed by atoms with Gasteiger partial charge in [-0.1, -0.05) is 6.92 Å². The van der Waals surface area contributed by atoms with Crippen LogP contribution in [0, 0.1) is 0 Å². The van der Waals surface area contributed by atoms with E-state index in [0.29, 0.717) is 6.04 Å². The van der Waals surface area contributed by atoms with E-state index in [0.717, 1.165) is 25.5 Å². The third kappa shape index (κ3) is 3.34. The van der Waals surface area contributed by atoms with Gasteiger partial charge in [0.1, 0.15) is 0 Å². The van der Waals surface area contributed by atoms with Crippen LogP contribution in [0.2, 0.25) is 0 Å². The molecule has 2 rings (SSSR count). The summed E-state index contributed by atoms with van der Waals surface area (Å²) in [5, 5.41) is 5.96. The lowest BCUT2D eigenvalue weighted by Gasteiger charge is -2.31. The van der Waals surface area contributed by atoms with Crippen molar-refractivity contribution in [1.82, 2.24) is 5.32 Å². The van der Waals surface area contributed by atoms with Crippen LogP contribution in [-0.4, -0.2) is 26.3 Å². The van der Waals surface area contributed by atoms with Gasteiger partial charge in [-0.15, -0.1) is 11.3 Å².